The monoisotopic (exact) mass is 279 g/mol. The zero-order valence-corrected chi connectivity index (χ0v) is 10.9. The van der Waals surface area contributed by atoms with Crippen LogP contribution in [0.2, 0.25) is 0 Å². The molecule has 1 N–H and O–H groups in total. The first-order chi connectivity index (χ1) is 10.3. The number of aromatic amines is 1. The third kappa shape index (κ3) is 1.97. The molecule has 0 bridgehead atoms. The number of imidazole rings is 1. The third-order valence-corrected chi connectivity index (χ3v) is 3.30. The number of fused-ring (bicyclic) bond motifs is 1. The zero-order chi connectivity index (χ0) is 14.2. The number of benzene rings is 1. The van der Waals surface area contributed by atoms with E-state index in [9.17, 15) is 4.39 Å². The van der Waals surface area contributed by atoms with Gasteiger partial charge in [0.25, 0.3) is 0 Å². The smallest absolute Gasteiger partial charge is 0.153 e. The summed E-state index contributed by atoms with van der Waals surface area (Å²) in [4.78, 5) is 4.17. The molecule has 0 saturated carbocycles. The molecule has 4 aromatic rings. The Kier molecular flexibility index (Phi) is 2.53. The van der Waals surface area contributed by atoms with Gasteiger partial charge in [0.1, 0.15) is 5.82 Å². The Hall–Kier alpha value is -3.02. The average Bonchev–Trinajstić information content (AvgIpc) is 3.16. The Morgan fingerprint density at radius 3 is 2.76 bits per heavy atom. The molecule has 1 aromatic carbocycles. The van der Waals surface area contributed by atoms with Gasteiger partial charge in [0.2, 0.25) is 0 Å². The van der Waals surface area contributed by atoms with Gasteiger partial charge < -0.3 is 0 Å². The largest absolute Gasteiger partial charge is 0.277 e. The molecule has 3 aromatic heterocycles. The van der Waals surface area contributed by atoms with Crippen molar-refractivity contribution < 1.29 is 4.39 Å². The highest BCUT2D eigenvalue weighted by molar-refractivity contribution is 5.78. The molecular formula is C15H10FN5. The van der Waals surface area contributed by atoms with Crippen LogP contribution in [0.25, 0.3) is 28.2 Å². The molecule has 0 spiro atoms. The number of H-pyrrole nitrogens is 1. The molecule has 0 unspecified atom stereocenters. The van der Waals surface area contributed by atoms with E-state index in [1.807, 2.05) is 12.1 Å². The van der Waals surface area contributed by atoms with Gasteiger partial charge in [-0.15, -0.1) is 0 Å². The van der Waals surface area contributed by atoms with Crippen LogP contribution < -0.4 is 0 Å². The topological polar surface area (TPSA) is 58.9 Å². The first kappa shape index (κ1) is 11.8. The van der Waals surface area contributed by atoms with Crippen LogP contribution >= 0.6 is 0 Å². The van der Waals surface area contributed by atoms with Gasteiger partial charge in [-0.2, -0.15) is 10.2 Å². The molecule has 0 aliphatic carbocycles. The van der Waals surface area contributed by atoms with Crippen molar-refractivity contribution in [1.29, 1.82) is 0 Å². The summed E-state index contributed by atoms with van der Waals surface area (Å²) in [5, 5.41) is 11.5. The number of aromatic nitrogens is 5. The highest BCUT2D eigenvalue weighted by atomic mass is 19.1. The molecule has 0 aliphatic rings. The normalized spacial score (nSPS) is 11.1. The van der Waals surface area contributed by atoms with E-state index >= 15 is 0 Å². The van der Waals surface area contributed by atoms with Crippen molar-refractivity contribution in [1.82, 2.24) is 24.8 Å². The Morgan fingerprint density at radius 2 is 1.90 bits per heavy atom. The van der Waals surface area contributed by atoms with E-state index in [2.05, 4.69) is 20.3 Å². The van der Waals surface area contributed by atoms with Crippen LogP contribution in [0.3, 0.4) is 0 Å². The van der Waals surface area contributed by atoms with E-state index in [-0.39, 0.29) is 5.82 Å². The van der Waals surface area contributed by atoms with Crippen LogP contribution in [0.4, 0.5) is 4.39 Å². The summed E-state index contributed by atoms with van der Waals surface area (Å²) in [5.74, 6) is -0.266. The standard InChI is InChI=1S/C15H10FN5/c16-11-3-1-10(2-4-11)15-12(9-18-19-15)13-5-6-14-17-7-8-21(14)20-13/h1-9H,(H,18,19). The lowest BCUT2D eigenvalue weighted by Crippen LogP contribution is -1.93. The van der Waals surface area contributed by atoms with Gasteiger partial charge in [-0.3, -0.25) is 5.10 Å². The SMILES string of the molecule is Fc1ccc(-c2[nH]ncc2-c2ccc3nccn3n2)cc1. The highest BCUT2D eigenvalue weighted by Gasteiger charge is 2.12. The van der Waals surface area contributed by atoms with Crippen molar-refractivity contribution in [3.8, 4) is 22.5 Å². The molecule has 0 atom stereocenters. The molecule has 0 amide bonds. The predicted molar refractivity (Wildman–Crippen MR) is 76.0 cm³/mol. The minimum Gasteiger partial charge on any atom is -0.277 e. The second-order valence-corrected chi connectivity index (χ2v) is 4.61. The summed E-state index contributed by atoms with van der Waals surface area (Å²) in [7, 11) is 0. The average molecular weight is 279 g/mol. The summed E-state index contributed by atoms with van der Waals surface area (Å²) < 4.78 is 14.7. The van der Waals surface area contributed by atoms with E-state index in [4.69, 9.17) is 0 Å². The number of halogens is 1. The van der Waals surface area contributed by atoms with Crippen LogP contribution in [0, 0.1) is 5.82 Å². The first-order valence-electron chi connectivity index (χ1n) is 6.41. The maximum absolute atomic E-state index is 13.0. The van der Waals surface area contributed by atoms with Crippen LogP contribution in [0.15, 0.2) is 55.0 Å². The van der Waals surface area contributed by atoms with Crippen molar-refractivity contribution in [2.24, 2.45) is 0 Å². The lowest BCUT2D eigenvalue weighted by atomic mass is 10.1. The summed E-state index contributed by atoms with van der Waals surface area (Å²) in [6.07, 6.45) is 5.20. The molecule has 21 heavy (non-hydrogen) atoms. The molecule has 5 nitrogen and oxygen atoms in total. The number of hydrogen-bond acceptors (Lipinski definition) is 3. The zero-order valence-electron chi connectivity index (χ0n) is 10.9. The van der Waals surface area contributed by atoms with Crippen LogP contribution in [-0.4, -0.2) is 24.8 Å². The predicted octanol–water partition coefficient (Wildman–Crippen LogP) is 2.93. The lowest BCUT2D eigenvalue weighted by Gasteiger charge is -2.03. The molecular weight excluding hydrogens is 269 g/mol. The minimum absolute atomic E-state index is 0.266. The molecule has 6 heteroatoms. The first-order valence-corrected chi connectivity index (χ1v) is 6.41. The van der Waals surface area contributed by atoms with Gasteiger partial charge in [0, 0.05) is 23.5 Å². The van der Waals surface area contributed by atoms with Gasteiger partial charge in [-0.05, 0) is 36.4 Å². The van der Waals surface area contributed by atoms with E-state index in [1.54, 1.807) is 35.2 Å². The Bertz CT molecular complexity index is 907. The van der Waals surface area contributed by atoms with Gasteiger partial charge in [-0.1, -0.05) is 0 Å². The highest BCUT2D eigenvalue weighted by Crippen LogP contribution is 2.28. The quantitative estimate of drug-likeness (QED) is 0.613. The Balaban J connectivity index is 1.85. The summed E-state index contributed by atoms with van der Waals surface area (Å²) in [5.41, 5.74) is 4.08. The van der Waals surface area contributed by atoms with Gasteiger partial charge in [0.15, 0.2) is 5.65 Å². The molecule has 0 radical (unpaired) electrons. The fourth-order valence-electron chi connectivity index (χ4n) is 2.28. The molecule has 3 heterocycles. The molecule has 102 valence electrons. The Morgan fingerprint density at radius 1 is 1.05 bits per heavy atom. The second kappa shape index (κ2) is 4.52. The molecule has 0 fully saturated rings. The van der Waals surface area contributed by atoms with Crippen molar-refractivity contribution >= 4 is 5.65 Å². The number of nitrogens with one attached hydrogen (secondary N) is 1. The fourth-order valence-corrected chi connectivity index (χ4v) is 2.28. The second-order valence-electron chi connectivity index (χ2n) is 4.61. The molecule has 4 rings (SSSR count). The summed E-state index contributed by atoms with van der Waals surface area (Å²) in [6.45, 7) is 0. The van der Waals surface area contributed by atoms with Crippen molar-refractivity contribution in [3.63, 3.8) is 0 Å². The van der Waals surface area contributed by atoms with Gasteiger partial charge in [0.05, 0.1) is 17.6 Å². The van der Waals surface area contributed by atoms with Crippen LogP contribution in [0.1, 0.15) is 0 Å². The lowest BCUT2D eigenvalue weighted by molar-refractivity contribution is 0.628. The fraction of sp³-hybridized carbons (Fsp3) is 0. The number of nitrogens with zero attached hydrogens (tertiary/aromatic N) is 4. The number of rotatable bonds is 2. The van der Waals surface area contributed by atoms with E-state index in [0.717, 1.165) is 28.2 Å². The maximum Gasteiger partial charge on any atom is 0.153 e. The van der Waals surface area contributed by atoms with E-state index in [1.165, 1.54) is 12.1 Å². The minimum atomic E-state index is -0.266. The molecule has 0 saturated heterocycles. The van der Waals surface area contributed by atoms with Crippen molar-refractivity contribution in [2.75, 3.05) is 0 Å². The summed E-state index contributed by atoms with van der Waals surface area (Å²) in [6, 6.07) is 10.0. The maximum atomic E-state index is 13.0. The van der Waals surface area contributed by atoms with E-state index in [0.29, 0.717) is 0 Å². The van der Waals surface area contributed by atoms with Gasteiger partial charge >= 0.3 is 0 Å². The van der Waals surface area contributed by atoms with Crippen molar-refractivity contribution in [2.45, 2.75) is 0 Å². The van der Waals surface area contributed by atoms with Crippen LogP contribution in [0.5, 0.6) is 0 Å². The van der Waals surface area contributed by atoms with Crippen molar-refractivity contribution in [3.05, 3.63) is 60.8 Å². The van der Waals surface area contributed by atoms with Gasteiger partial charge in [-0.25, -0.2) is 13.9 Å². The van der Waals surface area contributed by atoms with E-state index < -0.39 is 0 Å². The third-order valence-electron chi connectivity index (χ3n) is 3.30. The Labute approximate surface area is 119 Å². The van der Waals surface area contributed by atoms with Crippen LogP contribution in [-0.2, 0) is 0 Å². The summed E-state index contributed by atoms with van der Waals surface area (Å²) >= 11 is 0. The number of hydrogen-bond donors (Lipinski definition) is 1. The molecule has 0 aliphatic heterocycles.